The first kappa shape index (κ1) is 27.9. The Hall–Kier alpha value is -5.59. The molecule has 6 heteroatoms. The van der Waals surface area contributed by atoms with E-state index in [1.165, 1.54) is 25.7 Å². The maximum absolute atomic E-state index is 5.10. The number of fused-ring (bicyclic) bond motifs is 7. The molecule has 2 atom stereocenters. The van der Waals surface area contributed by atoms with Crippen LogP contribution in [-0.4, -0.2) is 26.3 Å². The molecule has 222 valence electrons. The number of hydrogen-bond acceptors (Lipinski definition) is 5. The second kappa shape index (κ2) is 11.7. The SMILES string of the molecule is C1=CC2=NC(c3ccccc3)N(c3ccc(-n4c5cc6sc7ccccc7c6cc5c5ncccc54)nc3)C2C=C1.C=C/C=C\C. The normalized spacial score (nSPS) is 17.2. The lowest BCUT2D eigenvalue weighted by molar-refractivity contribution is 0.694. The standard InChI is InChI=1S/C35H23N5S.C5H8/c1-2-9-22(10-3-1)35-38-27-12-5-6-13-28(27)39(35)23-16-17-33(37-21-23)40-29-14-8-18-36-34(29)26-19-25-24-11-4-7-15-31(24)41-32(25)20-30(26)40;1-3-5-4-2/h1-21,28,35H;3-5H,1H2,2H3/b;5-4-. The van der Waals surface area contributed by atoms with Gasteiger partial charge in [-0.3, -0.25) is 14.5 Å². The van der Waals surface area contributed by atoms with Crippen LogP contribution in [0.5, 0.6) is 0 Å². The molecule has 0 N–H and O–H groups in total. The predicted octanol–water partition coefficient (Wildman–Crippen LogP) is 10.1. The Labute approximate surface area is 271 Å². The zero-order chi connectivity index (χ0) is 31.0. The van der Waals surface area contributed by atoms with Crippen molar-refractivity contribution < 1.29 is 0 Å². The lowest BCUT2D eigenvalue weighted by Crippen LogP contribution is -2.35. The number of rotatable bonds is 4. The number of aliphatic imine (C=N–C) groups is 1. The van der Waals surface area contributed by atoms with Gasteiger partial charge in [-0.15, -0.1) is 11.3 Å². The summed E-state index contributed by atoms with van der Waals surface area (Å²) in [4.78, 5) is 17.3. The van der Waals surface area contributed by atoms with Crippen molar-refractivity contribution in [2.45, 2.75) is 19.1 Å². The molecule has 0 saturated carbocycles. The summed E-state index contributed by atoms with van der Waals surface area (Å²) in [6.07, 6.45) is 17.8. The van der Waals surface area contributed by atoms with Gasteiger partial charge in [-0.25, -0.2) is 4.98 Å². The molecule has 0 radical (unpaired) electrons. The van der Waals surface area contributed by atoms with Gasteiger partial charge in [0.15, 0.2) is 0 Å². The van der Waals surface area contributed by atoms with Crippen LogP contribution in [0.15, 0.2) is 157 Å². The van der Waals surface area contributed by atoms with Gasteiger partial charge in [0.1, 0.15) is 12.0 Å². The summed E-state index contributed by atoms with van der Waals surface area (Å²) >= 11 is 1.83. The first-order chi connectivity index (χ1) is 22.7. The molecule has 7 aromatic rings. The molecular weight excluding hydrogens is 583 g/mol. The van der Waals surface area contributed by atoms with Crippen LogP contribution in [0.3, 0.4) is 0 Å². The summed E-state index contributed by atoms with van der Waals surface area (Å²) in [5.41, 5.74) is 6.45. The average molecular weight is 614 g/mol. The summed E-state index contributed by atoms with van der Waals surface area (Å²) in [7, 11) is 0. The van der Waals surface area contributed by atoms with E-state index in [1.807, 2.05) is 54.9 Å². The Morgan fingerprint density at radius 3 is 2.48 bits per heavy atom. The lowest BCUT2D eigenvalue weighted by Gasteiger charge is -2.31. The van der Waals surface area contributed by atoms with Crippen molar-refractivity contribution in [2.75, 3.05) is 4.90 Å². The predicted molar refractivity (Wildman–Crippen MR) is 195 cm³/mol. The fraction of sp³-hybridized carbons (Fsp3) is 0.0750. The van der Waals surface area contributed by atoms with Crippen molar-refractivity contribution in [2.24, 2.45) is 4.99 Å². The van der Waals surface area contributed by atoms with Gasteiger partial charge in [-0.05, 0) is 61.0 Å². The van der Waals surface area contributed by atoms with Gasteiger partial charge in [0.25, 0.3) is 0 Å². The second-order valence-corrected chi connectivity index (χ2v) is 12.3. The zero-order valence-corrected chi connectivity index (χ0v) is 26.2. The molecule has 9 rings (SSSR count). The number of benzene rings is 3. The van der Waals surface area contributed by atoms with Gasteiger partial charge >= 0.3 is 0 Å². The summed E-state index contributed by atoms with van der Waals surface area (Å²) in [5.74, 6) is 0.873. The summed E-state index contributed by atoms with van der Waals surface area (Å²) in [5, 5.41) is 3.71. The average Bonchev–Trinajstić information content (AvgIpc) is 3.78. The number of anilines is 1. The largest absolute Gasteiger partial charge is 0.332 e. The van der Waals surface area contributed by atoms with Crippen LogP contribution in [0, 0.1) is 0 Å². The molecule has 1 aliphatic heterocycles. The van der Waals surface area contributed by atoms with E-state index in [1.54, 1.807) is 6.08 Å². The molecular formula is C40H31N5S. The van der Waals surface area contributed by atoms with Crippen LogP contribution in [0.1, 0.15) is 18.7 Å². The van der Waals surface area contributed by atoms with Gasteiger partial charge in [-0.2, -0.15) is 0 Å². The summed E-state index contributed by atoms with van der Waals surface area (Å²) < 4.78 is 4.81. The highest BCUT2D eigenvalue weighted by Gasteiger charge is 2.35. The Morgan fingerprint density at radius 2 is 1.67 bits per heavy atom. The van der Waals surface area contributed by atoms with Crippen LogP contribution in [0.2, 0.25) is 0 Å². The Bertz CT molecular complexity index is 2360. The molecule has 0 saturated heterocycles. The van der Waals surface area contributed by atoms with Crippen LogP contribution in [0.4, 0.5) is 5.69 Å². The Balaban J connectivity index is 0.000000583. The maximum atomic E-state index is 5.10. The molecule has 1 aliphatic carbocycles. The van der Waals surface area contributed by atoms with E-state index in [0.29, 0.717) is 0 Å². The Morgan fingerprint density at radius 1 is 0.804 bits per heavy atom. The number of allylic oxidation sites excluding steroid dienone is 5. The van der Waals surface area contributed by atoms with E-state index in [0.717, 1.165) is 39.2 Å². The number of aromatic nitrogens is 3. The quantitative estimate of drug-likeness (QED) is 0.186. The fourth-order valence-electron chi connectivity index (χ4n) is 6.49. The smallest absolute Gasteiger partial charge is 0.148 e. The fourth-order valence-corrected chi connectivity index (χ4v) is 7.61. The minimum absolute atomic E-state index is 0.0801. The topological polar surface area (TPSA) is 46.3 Å². The van der Waals surface area contributed by atoms with Crippen LogP contribution < -0.4 is 4.90 Å². The zero-order valence-electron chi connectivity index (χ0n) is 25.4. The Kier molecular flexibility index (Phi) is 7.12. The van der Waals surface area contributed by atoms with Crippen molar-refractivity contribution in [3.05, 3.63) is 158 Å². The minimum Gasteiger partial charge on any atom is -0.332 e. The number of nitrogens with zero attached hydrogens (tertiary/aromatic N) is 5. The summed E-state index contributed by atoms with van der Waals surface area (Å²) in [6, 6.07) is 32.2. The molecule has 5 heterocycles. The molecule has 2 aliphatic rings. The van der Waals surface area contributed by atoms with Crippen molar-refractivity contribution in [3.63, 3.8) is 0 Å². The molecule has 0 bridgehead atoms. The molecule has 0 fully saturated rings. The molecule has 0 amide bonds. The van der Waals surface area contributed by atoms with E-state index in [2.05, 4.69) is 119 Å². The first-order valence-corrected chi connectivity index (χ1v) is 16.2. The van der Waals surface area contributed by atoms with E-state index in [9.17, 15) is 0 Å². The van der Waals surface area contributed by atoms with Crippen molar-refractivity contribution >= 4 is 64.8 Å². The highest BCUT2D eigenvalue weighted by molar-refractivity contribution is 7.25. The van der Waals surface area contributed by atoms with Crippen LogP contribution in [0.25, 0.3) is 47.9 Å². The molecule has 2 unspecified atom stereocenters. The van der Waals surface area contributed by atoms with Gasteiger partial charge in [-0.1, -0.05) is 91.6 Å². The number of pyridine rings is 2. The van der Waals surface area contributed by atoms with Crippen molar-refractivity contribution in [1.29, 1.82) is 0 Å². The van der Waals surface area contributed by atoms with Crippen LogP contribution >= 0.6 is 11.3 Å². The van der Waals surface area contributed by atoms with Crippen molar-refractivity contribution in [1.82, 2.24) is 14.5 Å². The van der Waals surface area contributed by atoms with Gasteiger partial charge in [0, 0.05) is 31.8 Å². The maximum Gasteiger partial charge on any atom is 0.148 e. The number of thiophene rings is 1. The lowest BCUT2D eigenvalue weighted by atomic mass is 10.0. The van der Waals surface area contributed by atoms with E-state index < -0.39 is 0 Å². The third-order valence-corrected chi connectivity index (χ3v) is 9.65. The highest BCUT2D eigenvalue weighted by Crippen LogP contribution is 2.41. The second-order valence-electron chi connectivity index (χ2n) is 11.2. The number of hydrogen-bond donors (Lipinski definition) is 0. The molecule has 0 spiro atoms. The van der Waals surface area contributed by atoms with Gasteiger partial charge < -0.3 is 4.90 Å². The van der Waals surface area contributed by atoms with E-state index in [-0.39, 0.29) is 12.2 Å². The molecule has 46 heavy (non-hydrogen) atoms. The molecule has 3 aromatic carbocycles. The first-order valence-electron chi connectivity index (χ1n) is 15.4. The van der Waals surface area contributed by atoms with E-state index >= 15 is 0 Å². The van der Waals surface area contributed by atoms with Crippen LogP contribution in [-0.2, 0) is 0 Å². The third-order valence-electron chi connectivity index (χ3n) is 8.51. The van der Waals surface area contributed by atoms with E-state index in [4.69, 9.17) is 15.0 Å². The molecule has 4 aromatic heterocycles. The minimum atomic E-state index is -0.102. The van der Waals surface area contributed by atoms with Gasteiger partial charge in [0.05, 0.1) is 40.2 Å². The highest BCUT2D eigenvalue weighted by atomic mass is 32.1. The third kappa shape index (κ3) is 4.66. The molecule has 5 nitrogen and oxygen atoms in total. The van der Waals surface area contributed by atoms with Gasteiger partial charge in [0.2, 0.25) is 0 Å². The monoisotopic (exact) mass is 613 g/mol. The van der Waals surface area contributed by atoms with Crippen molar-refractivity contribution in [3.8, 4) is 5.82 Å². The summed E-state index contributed by atoms with van der Waals surface area (Å²) in [6.45, 7) is 5.42.